The molecule has 3 aromatic rings. The number of rotatable bonds is 3. The summed E-state index contributed by atoms with van der Waals surface area (Å²) in [6, 6.07) is 12.7. The summed E-state index contributed by atoms with van der Waals surface area (Å²) in [5.41, 5.74) is 2.96. The van der Waals surface area contributed by atoms with Crippen LogP contribution < -0.4 is 0 Å². The highest BCUT2D eigenvalue weighted by Gasteiger charge is 2.33. The Bertz CT molecular complexity index is 1150. The number of likely N-dealkylation sites (N-methyl/N-ethyl adjacent to an activating group) is 2. The van der Waals surface area contributed by atoms with Crippen LogP contribution in [0, 0.1) is 5.82 Å². The van der Waals surface area contributed by atoms with E-state index in [1.165, 1.54) is 11.0 Å². The maximum absolute atomic E-state index is 14.2. The Kier molecular flexibility index (Phi) is 4.81. The third-order valence-corrected chi connectivity index (χ3v) is 5.96. The molecule has 4 nitrogen and oxygen atoms in total. The molecule has 1 aliphatic rings. The predicted molar refractivity (Wildman–Crippen MR) is 116 cm³/mol. The summed E-state index contributed by atoms with van der Waals surface area (Å²) >= 11 is 8.81. The number of halogens is 2. The Morgan fingerprint density at radius 3 is 2.57 bits per heavy atom. The van der Waals surface area contributed by atoms with Crippen molar-refractivity contribution < 1.29 is 9.18 Å². The van der Waals surface area contributed by atoms with E-state index in [0.717, 1.165) is 20.9 Å². The van der Waals surface area contributed by atoms with Gasteiger partial charge in [-0.3, -0.25) is 9.69 Å². The second-order valence-corrected chi connectivity index (χ2v) is 7.98. The minimum Gasteiger partial charge on any atom is -0.342 e. The summed E-state index contributed by atoms with van der Waals surface area (Å²) in [6.45, 7) is 0.399. The molecule has 0 aliphatic carbocycles. The maximum Gasteiger partial charge on any atom is 0.276 e. The van der Waals surface area contributed by atoms with Gasteiger partial charge in [-0.05, 0) is 42.6 Å². The number of carbonyl (C=O) groups excluding carboxylic acids is 1. The van der Waals surface area contributed by atoms with Crippen molar-refractivity contribution in [3.8, 4) is 0 Å². The van der Waals surface area contributed by atoms with E-state index in [1.54, 1.807) is 31.1 Å². The molecule has 0 unspecified atom stereocenters. The van der Waals surface area contributed by atoms with E-state index in [-0.39, 0.29) is 11.7 Å². The van der Waals surface area contributed by atoms with Crippen molar-refractivity contribution in [2.45, 2.75) is 6.54 Å². The van der Waals surface area contributed by atoms with Crippen LogP contribution in [0.5, 0.6) is 0 Å². The zero-order valence-corrected chi connectivity index (χ0v) is 17.7. The number of carbonyl (C=O) groups is 1. The third kappa shape index (κ3) is 3.14. The molecule has 0 bridgehead atoms. The molecule has 28 heavy (non-hydrogen) atoms. The molecule has 0 N–H and O–H groups in total. The van der Waals surface area contributed by atoms with E-state index >= 15 is 0 Å². The van der Waals surface area contributed by atoms with Crippen molar-refractivity contribution in [1.29, 1.82) is 0 Å². The smallest absolute Gasteiger partial charge is 0.276 e. The normalized spacial score (nSPS) is 16.1. The minimum atomic E-state index is -0.237. The fourth-order valence-corrected chi connectivity index (χ4v) is 3.93. The molecule has 1 aliphatic heterocycles. The first-order valence-corrected chi connectivity index (χ1v) is 9.86. The van der Waals surface area contributed by atoms with Gasteiger partial charge in [-0.15, -0.1) is 0 Å². The van der Waals surface area contributed by atoms with E-state index in [9.17, 15) is 9.18 Å². The lowest BCUT2D eigenvalue weighted by Crippen LogP contribution is -2.26. The number of nitrogens with zero attached hydrogens (tertiary/aromatic N) is 3. The van der Waals surface area contributed by atoms with Gasteiger partial charge in [0.2, 0.25) is 0 Å². The monoisotopic (exact) mass is 457 g/mol. The number of hydrogen-bond acceptors (Lipinski definition) is 2. The largest absolute Gasteiger partial charge is 0.342 e. The van der Waals surface area contributed by atoms with Crippen LogP contribution in [-0.2, 0) is 11.3 Å². The lowest BCUT2D eigenvalue weighted by molar-refractivity contribution is -0.121. The van der Waals surface area contributed by atoms with Crippen LogP contribution >= 0.6 is 28.1 Å². The van der Waals surface area contributed by atoms with E-state index in [4.69, 9.17) is 12.2 Å². The van der Waals surface area contributed by atoms with Gasteiger partial charge in [0.25, 0.3) is 5.91 Å². The topological polar surface area (TPSA) is 28.5 Å². The highest BCUT2D eigenvalue weighted by atomic mass is 79.9. The number of benzene rings is 2. The van der Waals surface area contributed by atoms with Crippen LogP contribution in [0.3, 0.4) is 0 Å². The maximum atomic E-state index is 14.2. The van der Waals surface area contributed by atoms with Crippen molar-refractivity contribution in [2.75, 3.05) is 14.1 Å². The van der Waals surface area contributed by atoms with Crippen LogP contribution in [-0.4, -0.2) is 39.5 Å². The summed E-state index contributed by atoms with van der Waals surface area (Å²) in [7, 11) is 3.45. The second-order valence-electron chi connectivity index (χ2n) is 6.70. The fraction of sp³-hybridized carbons (Fsp3) is 0.143. The molecule has 142 valence electrons. The van der Waals surface area contributed by atoms with E-state index in [2.05, 4.69) is 15.9 Å². The van der Waals surface area contributed by atoms with Crippen LogP contribution in [0.2, 0.25) is 0 Å². The molecule has 1 amide bonds. The number of aromatic nitrogens is 1. The van der Waals surface area contributed by atoms with Gasteiger partial charge in [0.15, 0.2) is 5.11 Å². The minimum absolute atomic E-state index is 0.141. The zero-order chi connectivity index (χ0) is 20.0. The average Bonchev–Trinajstić information content (AvgIpc) is 3.09. The molecule has 0 saturated carbocycles. The number of fused-ring (bicyclic) bond motifs is 1. The van der Waals surface area contributed by atoms with Gasteiger partial charge in [-0.1, -0.05) is 34.1 Å². The molecule has 4 rings (SSSR count). The van der Waals surface area contributed by atoms with Gasteiger partial charge in [-0.2, -0.15) is 0 Å². The Balaban J connectivity index is 1.85. The van der Waals surface area contributed by atoms with Crippen molar-refractivity contribution in [2.24, 2.45) is 0 Å². The number of amides is 1. The zero-order valence-electron chi connectivity index (χ0n) is 15.3. The molecule has 1 aromatic heterocycles. The highest BCUT2D eigenvalue weighted by molar-refractivity contribution is 9.10. The van der Waals surface area contributed by atoms with Crippen LogP contribution in [0.1, 0.15) is 11.1 Å². The summed E-state index contributed by atoms with van der Waals surface area (Å²) < 4.78 is 17.1. The lowest BCUT2D eigenvalue weighted by atomic mass is 10.1. The molecule has 0 radical (unpaired) electrons. The number of thiocarbonyl (C=S) groups is 1. The van der Waals surface area contributed by atoms with Crippen molar-refractivity contribution >= 4 is 56.1 Å². The van der Waals surface area contributed by atoms with Crippen LogP contribution in [0.25, 0.3) is 17.0 Å². The van der Waals surface area contributed by atoms with Gasteiger partial charge in [0.05, 0.1) is 6.54 Å². The van der Waals surface area contributed by atoms with E-state index in [1.807, 2.05) is 41.1 Å². The molecule has 7 heteroatoms. The lowest BCUT2D eigenvalue weighted by Gasteiger charge is -2.10. The molecule has 2 aromatic carbocycles. The molecule has 2 heterocycles. The number of hydrogen-bond donors (Lipinski definition) is 0. The second kappa shape index (κ2) is 7.14. The highest BCUT2D eigenvalue weighted by Crippen LogP contribution is 2.30. The van der Waals surface area contributed by atoms with Gasteiger partial charge in [0.1, 0.15) is 11.5 Å². The van der Waals surface area contributed by atoms with Gasteiger partial charge in [0, 0.05) is 46.8 Å². The molecule has 1 saturated heterocycles. The first-order valence-electron chi connectivity index (χ1n) is 8.66. The van der Waals surface area contributed by atoms with Crippen molar-refractivity contribution in [1.82, 2.24) is 14.4 Å². The summed E-state index contributed by atoms with van der Waals surface area (Å²) in [5, 5.41) is 1.44. The molecular formula is C21H17BrFN3OS. The van der Waals surface area contributed by atoms with Gasteiger partial charge < -0.3 is 9.47 Å². The third-order valence-electron chi connectivity index (χ3n) is 4.92. The Morgan fingerprint density at radius 2 is 1.89 bits per heavy atom. The Labute approximate surface area is 176 Å². The summed E-state index contributed by atoms with van der Waals surface area (Å²) in [4.78, 5) is 15.7. The Hall–Kier alpha value is -2.51. The first kappa shape index (κ1) is 18.8. The quantitative estimate of drug-likeness (QED) is 0.424. The standard InChI is InChI=1S/C21H17BrFN3OS/c1-24-19(20(27)25(2)21(24)28)9-14-12-26(11-13-5-3-4-6-17(13)23)18-8-7-15(22)10-16(14)18/h3-10,12H,11H2,1-2H3/b19-9-. The Morgan fingerprint density at radius 1 is 1.14 bits per heavy atom. The predicted octanol–water partition coefficient (Wildman–Crippen LogP) is 4.62. The van der Waals surface area contributed by atoms with Gasteiger partial charge in [-0.25, -0.2) is 4.39 Å². The molecule has 0 atom stereocenters. The van der Waals surface area contributed by atoms with E-state index in [0.29, 0.717) is 22.9 Å². The summed E-state index contributed by atoms with van der Waals surface area (Å²) in [5.74, 6) is -0.378. The molecule has 0 spiro atoms. The first-order chi connectivity index (χ1) is 13.4. The molecular weight excluding hydrogens is 441 g/mol. The van der Waals surface area contributed by atoms with Crippen LogP contribution in [0.15, 0.2) is 58.8 Å². The van der Waals surface area contributed by atoms with E-state index < -0.39 is 0 Å². The fourth-order valence-electron chi connectivity index (χ4n) is 3.39. The molecule has 1 fully saturated rings. The SMILES string of the molecule is CN1C(=O)/C(=C/c2cn(Cc3ccccc3F)c3ccc(Br)cc23)N(C)C1=S. The van der Waals surface area contributed by atoms with Crippen molar-refractivity contribution in [3.63, 3.8) is 0 Å². The van der Waals surface area contributed by atoms with Gasteiger partial charge >= 0.3 is 0 Å². The summed E-state index contributed by atoms with van der Waals surface area (Å²) in [6.07, 6.45) is 3.78. The van der Waals surface area contributed by atoms with Crippen molar-refractivity contribution in [3.05, 3.63) is 75.8 Å². The van der Waals surface area contributed by atoms with Crippen LogP contribution in [0.4, 0.5) is 4.39 Å². The average molecular weight is 458 g/mol.